The molecule has 8 heteroatoms. The molecule has 0 bridgehead atoms. The Morgan fingerprint density at radius 2 is 1.72 bits per heavy atom. The van der Waals surface area contributed by atoms with Gasteiger partial charge in [0.25, 0.3) is 11.6 Å². The summed E-state index contributed by atoms with van der Waals surface area (Å²) in [5.41, 5.74) is 0.844. The molecule has 0 spiro atoms. The Labute approximate surface area is 170 Å². The van der Waals surface area contributed by atoms with Crippen LogP contribution in [0.15, 0.2) is 72.4 Å². The summed E-state index contributed by atoms with van der Waals surface area (Å²) in [6, 6.07) is 18.3. The molecule has 146 valence electrons. The van der Waals surface area contributed by atoms with Gasteiger partial charge in [0, 0.05) is 21.4 Å². The average molecular weight is 408 g/mol. The number of rotatable bonds is 6. The first-order valence-corrected chi connectivity index (χ1v) is 9.31. The van der Waals surface area contributed by atoms with Crippen molar-refractivity contribution in [1.82, 2.24) is 5.32 Å². The number of amides is 1. The molecule has 0 aliphatic rings. The quantitative estimate of drug-likeness (QED) is 0.284. The molecule has 0 saturated carbocycles. The number of nitro benzene ring substituents is 1. The summed E-state index contributed by atoms with van der Waals surface area (Å²) in [5.74, 6) is -1.15. The zero-order valence-corrected chi connectivity index (χ0v) is 16.1. The number of hydrogen-bond donors (Lipinski definition) is 1. The predicted octanol–water partition coefficient (Wildman–Crippen LogP) is 4.27. The summed E-state index contributed by atoms with van der Waals surface area (Å²) < 4.78 is 4.76. The van der Waals surface area contributed by atoms with Crippen molar-refractivity contribution in [3.05, 3.63) is 93.0 Å². The third-order valence-corrected chi connectivity index (χ3v) is 5.03. The van der Waals surface area contributed by atoms with Crippen molar-refractivity contribution in [2.45, 2.75) is 0 Å². The van der Waals surface area contributed by atoms with E-state index in [4.69, 9.17) is 4.74 Å². The van der Waals surface area contributed by atoms with Gasteiger partial charge < -0.3 is 10.1 Å². The normalized spacial score (nSPS) is 11.0. The first-order valence-electron chi connectivity index (χ1n) is 8.49. The minimum Gasteiger partial charge on any atom is -0.464 e. The maximum Gasteiger partial charge on any atom is 0.354 e. The van der Waals surface area contributed by atoms with Crippen molar-refractivity contribution in [1.29, 1.82) is 0 Å². The highest BCUT2D eigenvalue weighted by molar-refractivity contribution is 7.16. The third-order valence-electron chi connectivity index (χ3n) is 3.97. The highest BCUT2D eigenvalue weighted by Gasteiger charge is 2.18. The molecule has 7 nitrogen and oxygen atoms in total. The monoisotopic (exact) mass is 408 g/mol. The highest BCUT2D eigenvalue weighted by Crippen LogP contribution is 2.35. The zero-order valence-electron chi connectivity index (χ0n) is 15.3. The van der Waals surface area contributed by atoms with Crippen molar-refractivity contribution in [2.75, 3.05) is 7.11 Å². The van der Waals surface area contributed by atoms with Gasteiger partial charge in [0.1, 0.15) is 5.70 Å². The molecule has 0 unspecified atom stereocenters. The molecule has 3 aromatic rings. The second kappa shape index (κ2) is 8.94. The summed E-state index contributed by atoms with van der Waals surface area (Å²) in [6.45, 7) is 0. The molecule has 1 aromatic heterocycles. The fourth-order valence-corrected chi connectivity index (χ4v) is 3.58. The Balaban J connectivity index is 1.91. The van der Waals surface area contributed by atoms with Gasteiger partial charge in [-0.2, -0.15) is 0 Å². The molecule has 1 amide bonds. The number of nitrogens with one attached hydrogen (secondary N) is 1. The fraction of sp³-hybridized carbons (Fsp3) is 0.0476. The van der Waals surface area contributed by atoms with Gasteiger partial charge in [0.05, 0.1) is 17.6 Å². The molecule has 29 heavy (non-hydrogen) atoms. The van der Waals surface area contributed by atoms with Gasteiger partial charge in [-0.05, 0) is 36.4 Å². The number of methoxy groups -OCH3 is 1. The Bertz CT molecular complexity index is 1090. The van der Waals surface area contributed by atoms with Crippen LogP contribution in [-0.2, 0) is 9.53 Å². The van der Waals surface area contributed by atoms with Crippen molar-refractivity contribution >= 4 is 35.0 Å². The lowest BCUT2D eigenvalue weighted by Crippen LogP contribution is -2.27. The molecule has 3 rings (SSSR count). The molecular formula is C21H16N2O5S. The molecule has 0 atom stereocenters. The lowest BCUT2D eigenvalue weighted by molar-refractivity contribution is -0.384. The second-order valence-electron chi connectivity index (χ2n) is 5.85. The van der Waals surface area contributed by atoms with Crippen LogP contribution in [0, 0.1) is 10.1 Å². The largest absolute Gasteiger partial charge is 0.464 e. The van der Waals surface area contributed by atoms with Crippen LogP contribution < -0.4 is 5.32 Å². The standard InChI is InChI=1S/C21H16N2O5S/c1-28-21(25)17(22-20(24)14-7-3-2-4-8-14)13-15-11-12-19(29-15)16-9-5-6-10-18(16)23(26)27/h2-13H,1H3,(H,22,24)/b17-13-. The van der Waals surface area contributed by atoms with Gasteiger partial charge in [-0.15, -0.1) is 11.3 Å². The number of carbonyl (C=O) groups is 2. The Kier molecular flexibility index (Phi) is 6.16. The van der Waals surface area contributed by atoms with E-state index in [1.807, 2.05) is 0 Å². The third kappa shape index (κ3) is 4.74. The molecule has 0 saturated heterocycles. The summed E-state index contributed by atoms with van der Waals surface area (Å²) in [7, 11) is 1.22. The molecule has 0 aliphatic heterocycles. The Hall–Kier alpha value is -3.78. The molecule has 2 aromatic carbocycles. The van der Waals surface area contributed by atoms with Gasteiger partial charge >= 0.3 is 5.97 Å². The topological polar surface area (TPSA) is 98.5 Å². The number of para-hydroxylation sites is 1. The van der Waals surface area contributed by atoms with Gasteiger partial charge in [-0.25, -0.2) is 4.79 Å². The smallest absolute Gasteiger partial charge is 0.354 e. The molecule has 1 heterocycles. The number of benzene rings is 2. The number of thiophene rings is 1. The van der Waals surface area contributed by atoms with Crippen LogP contribution in [0.5, 0.6) is 0 Å². The number of ether oxygens (including phenoxy) is 1. The number of carbonyl (C=O) groups excluding carboxylic acids is 2. The van der Waals surface area contributed by atoms with E-state index < -0.39 is 16.8 Å². The summed E-state index contributed by atoms with van der Waals surface area (Å²) >= 11 is 1.26. The summed E-state index contributed by atoms with van der Waals surface area (Å²) in [6.07, 6.45) is 1.48. The maximum absolute atomic E-state index is 12.4. The minimum absolute atomic E-state index is 0.00421. The van der Waals surface area contributed by atoms with E-state index in [0.29, 0.717) is 20.9 Å². The minimum atomic E-state index is -0.699. The van der Waals surface area contributed by atoms with Crippen molar-refractivity contribution in [3.63, 3.8) is 0 Å². The van der Waals surface area contributed by atoms with Crippen LogP contribution in [0.2, 0.25) is 0 Å². The van der Waals surface area contributed by atoms with Gasteiger partial charge in [0.2, 0.25) is 0 Å². The van der Waals surface area contributed by atoms with Crippen LogP contribution in [0.3, 0.4) is 0 Å². The van der Waals surface area contributed by atoms with Crippen molar-refractivity contribution in [2.24, 2.45) is 0 Å². The van der Waals surface area contributed by atoms with E-state index >= 15 is 0 Å². The van der Waals surface area contributed by atoms with Crippen LogP contribution in [0.1, 0.15) is 15.2 Å². The zero-order chi connectivity index (χ0) is 20.8. The van der Waals surface area contributed by atoms with E-state index in [1.54, 1.807) is 60.7 Å². The van der Waals surface area contributed by atoms with E-state index in [-0.39, 0.29) is 11.4 Å². The Morgan fingerprint density at radius 1 is 1.03 bits per heavy atom. The fourth-order valence-electron chi connectivity index (χ4n) is 2.60. The highest BCUT2D eigenvalue weighted by atomic mass is 32.1. The van der Waals surface area contributed by atoms with Crippen molar-refractivity contribution in [3.8, 4) is 10.4 Å². The molecule has 0 aliphatic carbocycles. The van der Waals surface area contributed by atoms with E-state index in [9.17, 15) is 19.7 Å². The van der Waals surface area contributed by atoms with Crippen LogP contribution >= 0.6 is 11.3 Å². The van der Waals surface area contributed by atoms with Gasteiger partial charge in [-0.1, -0.05) is 30.3 Å². The van der Waals surface area contributed by atoms with Gasteiger partial charge in [0.15, 0.2) is 0 Å². The van der Waals surface area contributed by atoms with E-state index in [2.05, 4.69) is 5.32 Å². The first-order chi connectivity index (χ1) is 14.0. The van der Waals surface area contributed by atoms with Crippen LogP contribution in [0.25, 0.3) is 16.5 Å². The Morgan fingerprint density at radius 3 is 2.41 bits per heavy atom. The first kappa shape index (κ1) is 20.0. The predicted molar refractivity (Wildman–Crippen MR) is 110 cm³/mol. The SMILES string of the molecule is COC(=O)/C(=C/c1ccc(-c2ccccc2[N+](=O)[O-])s1)NC(=O)c1ccccc1. The number of nitrogens with zero attached hydrogens (tertiary/aromatic N) is 1. The van der Waals surface area contributed by atoms with Crippen molar-refractivity contribution < 1.29 is 19.2 Å². The van der Waals surface area contributed by atoms with E-state index in [1.165, 1.54) is 30.6 Å². The molecule has 0 radical (unpaired) electrons. The lowest BCUT2D eigenvalue weighted by atomic mass is 10.1. The lowest BCUT2D eigenvalue weighted by Gasteiger charge is -2.07. The molecule has 0 fully saturated rings. The maximum atomic E-state index is 12.4. The average Bonchev–Trinajstić information content (AvgIpc) is 3.21. The van der Waals surface area contributed by atoms with E-state index in [0.717, 1.165) is 0 Å². The summed E-state index contributed by atoms with van der Waals surface area (Å²) in [4.78, 5) is 36.6. The number of esters is 1. The second-order valence-corrected chi connectivity index (χ2v) is 6.96. The molecular weight excluding hydrogens is 392 g/mol. The number of nitro groups is 1. The summed E-state index contributed by atoms with van der Waals surface area (Å²) in [5, 5.41) is 13.8. The van der Waals surface area contributed by atoms with Crippen LogP contribution in [-0.4, -0.2) is 23.9 Å². The van der Waals surface area contributed by atoms with Gasteiger partial charge in [-0.3, -0.25) is 14.9 Å². The molecule has 1 N–H and O–H groups in total. The van der Waals surface area contributed by atoms with Crippen LogP contribution in [0.4, 0.5) is 5.69 Å². The number of hydrogen-bond acceptors (Lipinski definition) is 6.